The molecule has 1 aliphatic heterocycles. The first-order valence-electron chi connectivity index (χ1n) is 8.46. The number of ketones is 1. The van der Waals surface area contributed by atoms with Gasteiger partial charge < -0.3 is 4.90 Å². The Balaban J connectivity index is 1.52. The largest absolute Gasteiger partial charge is 0.369 e. The van der Waals surface area contributed by atoms with E-state index in [1.165, 1.54) is 17.8 Å². The van der Waals surface area contributed by atoms with Crippen LogP contribution in [0.3, 0.4) is 0 Å². The van der Waals surface area contributed by atoms with Crippen LogP contribution in [0.15, 0.2) is 54.6 Å². The number of halogens is 1. The Labute approximate surface area is 142 Å². The van der Waals surface area contributed by atoms with Gasteiger partial charge in [0.05, 0.1) is 0 Å². The van der Waals surface area contributed by atoms with Crippen LogP contribution in [0.4, 0.5) is 10.1 Å². The molecule has 0 saturated carbocycles. The number of para-hydroxylation sites is 1. The van der Waals surface area contributed by atoms with E-state index >= 15 is 0 Å². The quantitative estimate of drug-likeness (QED) is 0.784. The van der Waals surface area contributed by atoms with Crippen LogP contribution in [-0.2, 0) is 0 Å². The van der Waals surface area contributed by atoms with Crippen LogP contribution in [0, 0.1) is 5.82 Å². The average Bonchev–Trinajstić information content (AvgIpc) is 2.63. The van der Waals surface area contributed by atoms with Gasteiger partial charge >= 0.3 is 0 Å². The summed E-state index contributed by atoms with van der Waals surface area (Å²) in [5.41, 5.74) is 1.85. The Kier molecular flexibility index (Phi) is 5.26. The zero-order chi connectivity index (χ0) is 16.9. The lowest BCUT2D eigenvalue weighted by molar-refractivity contribution is 0.0923. The molecule has 0 unspecified atom stereocenters. The van der Waals surface area contributed by atoms with Crippen LogP contribution in [0.1, 0.15) is 23.7 Å². The summed E-state index contributed by atoms with van der Waals surface area (Å²) >= 11 is 0. The minimum atomic E-state index is -0.309. The maximum absolute atomic E-state index is 13.0. The van der Waals surface area contributed by atoms with Crippen molar-refractivity contribution in [3.63, 3.8) is 0 Å². The van der Waals surface area contributed by atoms with E-state index in [0.29, 0.717) is 12.0 Å². The fraction of sp³-hybridized carbons (Fsp3) is 0.350. The third-order valence-electron chi connectivity index (χ3n) is 4.71. The zero-order valence-electron chi connectivity index (χ0n) is 14.0. The minimum Gasteiger partial charge on any atom is -0.369 e. The summed E-state index contributed by atoms with van der Waals surface area (Å²) in [6, 6.07) is 16.4. The fourth-order valence-corrected chi connectivity index (χ4v) is 3.21. The van der Waals surface area contributed by atoms with Gasteiger partial charge in [0.2, 0.25) is 0 Å². The molecule has 1 atom stereocenters. The summed E-state index contributed by atoms with van der Waals surface area (Å²) in [4.78, 5) is 17.1. The zero-order valence-corrected chi connectivity index (χ0v) is 14.0. The summed E-state index contributed by atoms with van der Waals surface area (Å²) in [5.74, 6) is -0.232. The highest BCUT2D eigenvalue weighted by Gasteiger charge is 2.23. The number of rotatable bonds is 5. The first kappa shape index (κ1) is 16.7. The molecule has 1 heterocycles. The predicted octanol–water partition coefficient (Wildman–Crippen LogP) is 3.61. The molecule has 0 aromatic heterocycles. The van der Waals surface area contributed by atoms with E-state index in [0.717, 1.165) is 26.2 Å². The Bertz CT molecular complexity index is 664. The molecule has 0 amide bonds. The van der Waals surface area contributed by atoms with Crippen molar-refractivity contribution in [3.05, 3.63) is 66.0 Å². The molecule has 2 aromatic carbocycles. The first-order valence-corrected chi connectivity index (χ1v) is 8.46. The second-order valence-electron chi connectivity index (χ2n) is 6.34. The van der Waals surface area contributed by atoms with Gasteiger partial charge in [-0.05, 0) is 43.3 Å². The highest BCUT2D eigenvalue weighted by Crippen LogP contribution is 2.18. The van der Waals surface area contributed by atoms with Gasteiger partial charge in [-0.25, -0.2) is 4.39 Å². The Morgan fingerprint density at radius 2 is 1.62 bits per heavy atom. The van der Waals surface area contributed by atoms with E-state index in [9.17, 15) is 9.18 Å². The molecule has 1 fully saturated rings. The molecule has 126 valence electrons. The summed E-state index contributed by atoms with van der Waals surface area (Å²) in [7, 11) is 0. The number of benzene rings is 2. The van der Waals surface area contributed by atoms with Gasteiger partial charge in [0.15, 0.2) is 5.78 Å². The van der Waals surface area contributed by atoms with Crippen molar-refractivity contribution in [1.29, 1.82) is 0 Å². The van der Waals surface area contributed by atoms with E-state index in [1.807, 2.05) is 6.07 Å². The topological polar surface area (TPSA) is 23.6 Å². The Hall–Kier alpha value is -2.20. The van der Waals surface area contributed by atoms with Crippen molar-refractivity contribution in [2.45, 2.75) is 19.4 Å². The van der Waals surface area contributed by atoms with Gasteiger partial charge in [0.1, 0.15) is 5.82 Å². The number of piperazine rings is 1. The molecule has 0 radical (unpaired) electrons. The van der Waals surface area contributed by atoms with Crippen molar-refractivity contribution in [2.24, 2.45) is 0 Å². The summed E-state index contributed by atoms with van der Waals surface area (Å²) < 4.78 is 13.0. The highest BCUT2D eigenvalue weighted by molar-refractivity contribution is 5.96. The number of Topliss-reactive ketones (excluding diaryl/α,β-unsaturated/α-hetero) is 1. The van der Waals surface area contributed by atoms with E-state index in [-0.39, 0.29) is 17.6 Å². The smallest absolute Gasteiger partial charge is 0.164 e. The van der Waals surface area contributed by atoms with Gasteiger partial charge in [0, 0.05) is 49.9 Å². The molecule has 0 aliphatic carbocycles. The predicted molar refractivity (Wildman–Crippen MR) is 95.0 cm³/mol. The third kappa shape index (κ3) is 4.01. The molecule has 24 heavy (non-hydrogen) atoms. The number of hydrogen-bond donors (Lipinski definition) is 0. The lowest BCUT2D eigenvalue weighted by atomic mass is 10.0. The van der Waals surface area contributed by atoms with Gasteiger partial charge in [-0.15, -0.1) is 0 Å². The molecule has 0 N–H and O–H groups in total. The van der Waals surface area contributed by atoms with Crippen LogP contribution in [-0.4, -0.2) is 42.9 Å². The second kappa shape index (κ2) is 7.58. The van der Waals surface area contributed by atoms with Gasteiger partial charge in [-0.1, -0.05) is 18.2 Å². The van der Waals surface area contributed by atoms with E-state index in [1.54, 1.807) is 12.1 Å². The molecular formula is C20H23FN2O. The maximum Gasteiger partial charge on any atom is 0.164 e. The number of carbonyl (C=O) groups is 1. The summed E-state index contributed by atoms with van der Waals surface area (Å²) in [6.07, 6.45) is 0.469. The monoisotopic (exact) mass is 326 g/mol. The number of nitrogens with zero attached hydrogens (tertiary/aromatic N) is 2. The van der Waals surface area contributed by atoms with E-state index < -0.39 is 0 Å². The van der Waals surface area contributed by atoms with Crippen LogP contribution < -0.4 is 4.90 Å². The number of hydrogen-bond acceptors (Lipinski definition) is 3. The maximum atomic E-state index is 13.0. The highest BCUT2D eigenvalue weighted by atomic mass is 19.1. The van der Waals surface area contributed by atoms with Crippen molar-refractivity contribution in [3.8, 4) is 0 Å². The number of carbonyl (C=O) groups excluding carboxylic acids is 1. The van der Waals surface area contributed by atoms with Crippen molar-refractivity contribution in [2.75, 3.05) is 31.1 Å². The van der Waals surface area contributed by atoms with Crippen molar-refractivity contribution >= 4 is 11.5 Å². The van der Waals surface area contributed by atoms with Crippen molar-refractivity contribution in [1.82, 2.24) is 4.90 Å². The SMILES string of the molecule is C[C@H](CC(=O)c1ccc(F)cc1)N1CCN(c2ccccc2)CC1. The average molecular weight is 326 g/mol. The first-order chi connectivity index (χ1) is 11.6. The third-order valence-corrected chi connectivity index (χ3v) is 4.71. The molecule has 3 rings (SSSR count). The number of anilines is 1. The molecule has 0 spiro atoms. The Morgan fingerprint density at radius 3 is 2.25 bits per heavy atom. The molecule has 1 aliphatic rings. The van der Waals surface area contributed by atoms with Crippen LogP contribution in [0.5, 0.6) is 0 Å². The summed E-state index contributed by atoms with van der Waals surface area (Å²) in [6.45, 7) is 5.94. The normalized spacial score (nSPS) is 16.8. The lowest BCUT2D eigenvalue weighted by Crippen LogP contribution is -2.50. The van der Waals surface area contributed by atoms with Gasteiger partial charge in [-0.2, -0.15) is 0 Å². The molecular weight excluding hydrogens is 303 g/mol. The van der Waals surface area contributed by atoms with Crippen LogP contribution in [0.25, 0.3) is 0 Å². The fourth-order valence-electron chi connectivity index (χ4n) is 3.21. The molecule has 1 saturated heterocycles. The molecule has 2 aromatic rings. The van der Waals surface area contributed by atoms with E-state index in [4.69, 9.17) is 0 Å². The Morgan fingerprint density at radius 1 is 1.00 bits per heavy atom. The van der Waals surface area contributed by atoms with Gasteiger partial charge in [-0.3, -0.25) is 9.69 Å². The molecule has 0 bridgehead atoms. The van der Waals surface area contributed by atoms with Crippen LogP contribution >= 0.6 is 0 Å². The standard InChI is InChI=1S/C20H23FN2O/c1-16(15-20(24)17-7-9-18(21)10-8-17)22-11-13-23(14-12-22)19-5-3-2-4-6-19/h2-10,16H,11-15H2,1H3/t16-/m1/s1. The van der Waals surface area contributed by atoms with Crippen LogP contribution in [0.2, 0.25) is 0 Å². The molecule has 4 heteroatoms. The summed E-state index contributed by atoms with van der Waals surface area (Å²) in [5, 5.41) is 0. The lowest BCUT2D eigenvalue weighted by Gasteiger charge is -2.39. The van der Waals surface area contributed by atoms with E-state index in [2.05, 4.69) is 41.0 Å². The van der Waals surface area contributed by atoms with Crippen molar-refractivity contribution < 1.29 is 9.18 Å². The second-order valence-corrected chi connectivity index (χ2v) is 6.34. The van der Waals surface area contributed by atoms with Gasteiger partial charge in [0.25, 0.3) is 0 Å². The molecule has 3 nitrogen and oxygen atoms in total. The minimum absolute atomic E-state index is 0.0768.